The molecule has 0 aliphatic heterocycles. The molecule has 0 saturated carbocycles. The van der Waals surface area contributed by atoms with Gasteiger partial charge in [-0.3, -0.25) is 9.10 Å². The molecule has 0 saturated heterocycles. The fraction of sp³-hybridized carbons (Fsp3) is 0.261. The number of nitrogens with one attached hydrogen (secondary N) is 1. The Morgan fingerprint density at radius 2 is 1.80 bits per heavy atom. The second-order valence-electron chi connectivity index (χ2n) is 7.27. The van der Waals surface area contributed by atoms with Gasteiger partial charge >= 0.3 is 0 Å². The Morgan fingerprint density at radius 1 is 1.10 bits per heavy atom. The Labute approximate surface area is 182 Å². The Balaban J connectivity index is 1.88. The first-order valence-corrected chi connectivity index (χ1v) is 11.9. The van der Waals surface area contributed by atoms with Crippen molar-refractivity contribution in [2.24, 2.45) is 0 Å². The summed E-state index contributed by atoms with van der Waals surface area (Å²) in [6.45, 7) is 3.93. The van der Waals surface area contributed by atoms with Gasteiger partial charge in [-0.15, -0.1) is 0 Å². The highest BCUT2D eigenvalue weighted by molar-refractivity contribution is 7.92. The van der Waals surface area contributed by atoms with E-state index in [9.17, 15) is 13.2 Å². The van der Waals surface area contributed by atoms with Gasteiger partial charge in [-0.2, -0.15) is 0 Å². The van der Waals surface area contributed by atoms with E-state index in [1.165, 1.54) is 0 Å². The summed E-state index contributed by atoms with van der Waals surface area (Å²) >= 11 is 6.21. The predicted octanol–water partition coefficient (Wildman–Crippen LogP) is 4.66. The molecule has 3 aromatic rings. The van der Waals surface area contributed by atoms with E-state index in [0.29, 0.717) is 23.7 Å². The first-order valence-electron chi connectivity index (χ1n) is 9.72. The highest BCUT2D eigenvalue weighted by Gasteiger charge is 2.31. The van der Waals surface area contributed by atoms with E-state index >= 15 is 0 Å². The Morgan fingerprint density at radius 3 is 2.47 bits per heavy atom. The second-order valence-corrected chi connectivity index (χ2v) is 9.54. The van der Waals surface area contributed by atoms with E-state index in [1.54, 1.807) is 25.1 Å². The molecule has 0 aromatic heterocycles. The number of nitrogens with zero attached hydrogens (tertiary/aromatic N) is 1. The van der Waals surface area contributed by atoms with Crippen molar-refractivity contribution in [1.82, 2.24) is 5.32 Å². The summed E-state index contributed by atoms with van der Waals surface area (Å²) in [6.07, 6.45) is 1.42. The number of fused-ring (bicyclic) bond motifs is 1. The summed E-state index contributed by atoms with van der Waals surface area (Å²) in [5.74, 6) is -0.354. The van der Waals surface area contributed by atoms with Crippen LogP contribution in [-0.4, -0.2) is 26.6 Å². The molecule has 1 atom stereocenters. The highest BCUT2D eigenvalue weighted by Crippen LogP contribution is 2.28. The summed E-state index contributed by atoms with van der Waals surface area (Å²) in [4.78, 5) is 13.0. The minimum atomic E-state index is -3.71. The lowest BCUT2D eigenvalue weighted by Gasteiger charge is -2.30. The van der Waals surface area contributed by atoms with Crippen LogP contribution in [0.1, 0.15) is 24.5 Å². The van der Waals surface area contributed by atoms with E-state index in [0.717, 1.165) is 32.5 Å². The van der Waals surface area contributed by atoms with Crippen molar-refractivity contribution >= 4 is 44.0 Å². The lowest BCUT2D eigenvalue weighted by molar-refractivity contribution is -0.122. The smallest absolute Gasteiger partial charge is 0.244 e. The van der Waals surface area contributed by atoms with Gasteiger partial charge in [0.1, 0.15) is 6.04 Å². The monoisotopic (exact) mass is 444 g/mol. The van der Waals surface area contributed by atoms with Gasteiger partial charge in [-0.05, 0) is 47.4 Å². The van der Waals surface area contributed by atoms with Crippen molar-refractivity contribution in [2.45, 2.75) is 32.9 Å². The molecule has 7 heteroatoms. The number of benzene rings is 3. The molecule has 0 heterocycles. The maximum Gasteiger partial charge on any atom is 0.244 e. The molecule has 0 radical (unpaired) electrons. The van der Waals surface area contributed by atoms with Crippen molar-refractivity contribution in [3.63, 3.8) is 0 Å². The van der Waals surface area contributed by atoms with Crippen LogP contribution in [0.25, 0.3) is 10.8 Å². The number of carbonyl (C=O) groups is 1. The van der Waals surface area contributed by atoms with Crippen LogP contribution in [0.2, 0.25) is 5.02 Å². The van der Waals surface area contributed by atoms with Gasteiger partial charge in [0.15, 0.2) is 0 Å². The predicted molar refractivity (Wildman–Crippen MR) is 123 cm³/mol. The summed E-state index contributed by atoms with van der Waals surface area (Å²) < 4.78 is 26.3. The van der Waals surface area contributed by atoms with E-state index in [2.05, 4.69) is 5.32 Å². The SMILES string of the molecule is CCC(C(=O)NCc1cccc2ccccc12)N(c1ccc(C)c(Cl)c1)S(C)(=O)=O. The van der Waals surface area contributed by atoms with Crippen LogP contribution >= 0.6 is 11.6 Å². The molecule has 30 heavy (non-hydrogen) atoms. The van der Waals surface area contributed by atoms with Crippen molar-refractivity contribution in [3.8, 4) is 0 Å². The number of halogens is 1. The zero-order chi connectivity index (χ0) is 21.9. The molecule has 0 bridgehead atoms. The number of amides is 1. The fourth-order valence-corrected chi connectivity index (χ4v) is 4.90. The minimum absolute atomic E-state index is 0.308. The third-order valence-corrected chi connectivity index (χ3v) is 6.66. The lowest BCUT2D eigenvalue weighted by atomic mass is 10.0. The van der Waals surface area contributed by atoms with Gasteiger partial charge < -0.3 is 5.32 Å². The van der Waals surface area contributed by atoms with Gasteiger partial charge in [0.05, 0.1) is 11.9 Å². The first kappa shape index (κ1) is 22.1. The molecule has 0 fully saturated rings. The molecule has 1 N–H and O–H groups in total. The summed E-state index contributed by atoms with van der Waals surface area (Å²) in [7, 11) is -3.71. The Hall–Kier alpha value is -2.57. The molecule has 0 aliphatic rings. The summed E-state index contributed by atoms with van der Waals surface area (Å²) in [6, 6.07) is 18.0. The quantitative estimate of drug-likeness (QED) is 0.576. The van der Waals surface area contributed by atoms with E-state index < -0.39 is 16.1 Å². The Kier molecular flexibility index (Phi) is 6.68. The van der Waals surface area contributed by atoms with E-state index in [-0.39, 0.29) is 5.91 Å². The molecular formula is C23H25ClN2O3S. The van der Waals surface area contributed by atoms with Crippen LogP contribution in [0.3, 0.4) is 0 Å². The molecule has 3 aromatic carbocycles. The van der Waals surface area contributed by atoms with Crippen molar-refractivity contribution in [3.05, 3.63) is 76.8 Å². The van der Waals surface area contributed by atoms with Crippen LogP contribution in [0.5, 0.6) is 0 Å². The van der Waals surface area contributed by atoms with Crippen LogP contribution < -0.4 is 9.62 Å². The average Bonchev–Trinajstić information content (AvgIpc) is 2.71. The number of aryl methyl sites for hydroxylation is 1. The first-order chi connectivity index (χ1) is 14.2. The topological polar surface area (TPSA) is 66.5 Å². The zero-order valence-corrected chi connectivity index (χ0v) is 18.8. The van der Waals surface area contributed by atoms with Crippen molar-refractivity contribution < 1.29 is 13.2 Å². The molecule has 0 aliphatic carbocycles. The third-order valence-electron chi connectivity index (χ3n) is 5.07. The van der Waals surface area contributed by atoms with Crippen molar-refractivity contribution in [1.29, 1.82) is 0 Å². The zero-order valence-electron chi connectivity index (χ0n) is 17.2. The number of carbonyl (C=O) groups excluding carboxylic acids is 1. The van der Waals surface area contributed by atoms with Gasteiger partial charge in [-0.25, -0.2) is 8.42 Å². The lowest BCUT2D eigenvalue weighted by Crippen LogP contribution is -2.49. The normalized spacial score (nSPS) is 12.5. The maximum absolute atomic E-state index is 13.0. The number of anilines is 1. The molecule has 0 spiro atoms. The number of sulfonamides is 1. The van der Waals surface area contributed by atoms with Gasteiger partial charge in [-0.1, -0.05) is 67.1 Å². The van der Waals surface area contributed by atoms with Gasteiger partial charge in [0.25, 0.3) is 0 Å². The van der Waals surface area contributed by atoms with Crippen LogP contribution in [-0.2, 0) is 21.4 Å². The van der Waals surface area contributed by atoms with Gasteiger partial charge in [0.2, 0.25) is 15.9 Å². The second kappa shape index (κ2) is 9.06. The highest BCUT2D eigenvalue weighted by atomic mass is 35.5. The van der Waals surface area contributed by atoms with Crippen molar-refractivity contribution in [2.75, 3.05) is 10.6 Å². The third kappa shape index (κ3) is 4.77. The molecule has 1 unspecified atom stereocenters. The summed E-state index contributed by atoms with van der Waals surface area (Å²) in [5.41, 5.74) is 2.18. The largest absolute Gasteiger partial charge is 0.350 e. The van der Waals surface area contributed by atoms with Gasteiger partial charge in [0, 0.05) is 11.6 Å². The summed E-state index contributed by atoms with van der Waals surface area (Å²) in [5, 5.41) is 5.50. The van der Waals surface area contributed by atoms with E-state index in [4.69, 9.17) is 11.6 Å². The van der Waals surface area contributed by atoms with Crippen LogP contribution in [0, 0.1) is 6.92 Å². The number of hydrogen-bond acceptors (Lipinski definition) is 3. The number of rotatable bonds is 7. The Bertz CT molecular complexity index is 1170. The van der Waals surface area contributed by atoms with Crippen LogP contribution in [0.15, 0.2) is 60.7 Å². The molecule has 3 rings (SSSR count). The molecule has 158 valence electrons. The average molecular weight is 445 g/mol. The minimum Gasteiger partial charge on any atom is -0.350 e. The molecular weight excluding hydrogens is 420 g/mol. The van der Waals surface area contributed by atoms with E-state index in [1.807, 2.05) is 49.4 Å². The van der Waals surface area contributed by atoms with Crippen LogP contribution in [0.4, 0.5) is 5.69 Å². The number of hydrogen-bond donors (Lipinski definition) is 1. The molecule has 5 nitrogen and oxygen atoms in total. The standard InChI is InChI=1S/C23H25ClN2O3S/c1-4-22(26(30(3,28)29)19-13-12-16(2)21(24)14-19)23(27)25-15-18-10-7-9-17-8-5-6-11-20(17)18/h5-14,22H,4,15H2,1-3H3,(H,25,27). The molecule has 1 amide bonds. The fourth-order valence-electron chi connectivity index (χ4n) is 3.53. The maximum atomic E-state index is 13.0.